The van der Waals surface area contributed by atoms with Crippen LogP contribution in [0.2, 0.25) is 0 Å². The van der Waals surface area contributed by atoms with Gasteiger partial charge in [-0.3, -0.25) is 4.79 Å². The van der Waals surface area contributed by atoms with Gasteiger partial charge in [0.15, 0.2) is 0 Å². The number of carbonyl (C=O) groups excluding carboxylic acids is 1. The van der Waals surface area contributed by atoms with E-state index in [9.17, 15) is 4.79 Å². The monoisotopic (exact) mass is 264 g/mol. The third kappa shape index (κ3) is 2.46. The second-order valence-electron chi connectivity index (χ2n) is 7.43. The predicted molar refractivity (Wildman–Crippen MR) is 77.7 cm³/mol. The molecule has 2 aliphatic carbocycles. The quantitative estimate of drug-likeness (QED) is 0.547. The van der Waals surface area contributed by atoms with Crippen LogP contribution in [0.15, 0.2) is 12.2 Å². The van der Waals surface area contributed by atoms with Gasteiger partial charge in [-0.1, -0.05) is 39.3 Å². The number of hydrogen-bond acceptors (Lipinski definition) is 2. The molecule has 0 bridgehead atoms. The minimum Gasteiger partial charge on any atom is -0.469 e. The third-order valence-corrected chi connectivity index (χ3v) is 5.92. The molecule has 0 aromatic carbocycles. The molecule has 0 saturated heterocycles. The van der Waals surface area contributed by atoms with Gasteiger partial charge in [-0.2, -0.15) is 0 Å². The maximum Gasteiger partial charge on any atom is 0.306 e. The molecule has 2 fully saturated rings. The first-order chi connectivity index (χ1) is 8.81. The Balaban J connectivity index is 2.30. The van der Waals surface area contributed by atoms with E-state index in [2.05, 4.69) is 27.4 Å². The molecule has 0 spiro atoms. The van der Waals surface area contributed by atoms with Crippen molar-refractivity contribution in [2.24, 2.45) is 22.7 Å². The number of rotatable bonds is 2. The predicted octanol–water partition coefficient (Wildman–Crippen LogP) is 4.35. The van der Waals surface area contributed by atoms with Crippen LogP contribution in [0.5, 0.6) is 0 Å². The third-order valence-electron chi connectivity index (χ3n) is 5.92. The number of ether oxygens (including phenoxy) is 1. The van der Waals surface area contributed by atoms with Crippen molar-refractivity contribution in [2.45, 2.75) is 59.3 Å². The van der Waals surface area contributed by atoms with Gasteiger partial charge in [-0.05, 0) is 48.3 Å². The normalized spacial score (nSPS) is 37.6. The summed E-state index contributed by atoms with van der Waals surface area (Å²) in [5, 5.41) is 0. The van der Waals surface area contributed by atoms with Gasteiger partial charge in [-0.15, -0.1) is 0 Å². The van der Waals surface area contributed by atoms with Gasteiger partial charge in [-0.25, -0.2) is 0 Å². The molecule has 0 N–H and O–H groups in total. The second kappa shape index (κ2) is 4.96. The van der Waals surface area contributed by atoms with Gasteiger partial charge < -0.3 is 4.74 Å². The van der Waals surface area contributed by atoms with E-state index in [1.807, 2.05) is 0 Å². The van der Waals surface area contributed by atoms with Crippen molar-refractivity contribution in [1.29, 1.82) is 0 Å². The van der Waals surface area contributed by atoms with E-state index in [1.165, 1.54) is 38.4 Å². The van der Waals surface area contributed by atoms with Crippen LogP contribution in [0, 0.1) is 22.7 Å². The summed E-state index contributed by atoms with van der Waals surface area (Å²) in [7, 11) is 1.48. The number of fused-ring (bicyclic) bond motifs is 1. The van der Waals surface area contributed by atoms with Gasteiger partial charge in [0, 0.05) is 0 Å². The highest BCUT2D eigenvalue weighted by Gasteiger charge is 2.53. The molecule has 0 amide bonds. The topological polar surface area (TPSA) is 26.3 Å². The number of carbonyl (C=O) groups is 1. The first-order valence-corrected chi connectivity index (χ1v) is 7.56. The first-order valence-electron chi connectivity index (χ1n) is 7.56. The van der Waals surface area contributed by atoms with E-state index in [0.29, 0.717) is 23.7 Å². The van der Waals surface area contributed by atoms with Gasteiger partial charge in [0.2, 0.25) is 0 Å². The lowest BCUT2D eigenvalue weighted by atomic mass is 9.47. The highest BCUT2D eigenvalue weighted by atomic mass is 16.5. The smallest absolute Gasteiger partial charge is 0.306 e. The van der Waals surface area contributed by atoms with Crippen molar-refractivity contribution in [2.75, 3.05) is 7.11 Å². The van der Waals surface area contributed by atoms with E-state index in [4.69, 9.17) is 4.74 Å². The summed E-state index contributed by atoms with van der Waals surface area (Å²) in [6.45, 7) is 11.4. The van der Waals surface area contributed by atoms with E-state index < -0.39 is 0 Å². The molecule has 0 heterocycles. The summed E-state index contributed by atoms with van der Waals surface area (Å²) in [4.78, 5) is 11.7. The molecule has 0 radical (unpaired) electrons. The van der Waals surface area contributed by atoms with Crippen LogP contribution in [-0.2, 0) is 9.53 Å². The van der Waals surface area contributed by atoms with Crippen molar-refractivity contribution in [3.8, 4) is 0 Å². The fraction of sp³-hybridized carbons (Fsp3) is 0.824. The Morgan fingerprint density at radius 2 is 2.05 bits per heavy atom. The lowest BCUT2D eigenvalue weighted by Crippen LogP contribution is -2.49. The van der Waals surface area contributed by atoms with E-state index >= 15 is 0 Å². The highest BCUT2D eigenvalue weighted by Crippen LogP contribution is 2.61. The average molecular weight is 264 g/mol. The average Bonchev–Trinajstić information content (AvgIpc) is 2.32. The lowest BCUT2D eigenvalue weighted by molar-refractivity contribution is -0.145. The molecule has 2 rings (SSSR count). The Kier molecular flexibility index (Phi) is 3.81. The Bertz CT molecular complexity index is 383. The molecule has 0 unspecified atom stereocenters. The molecule has 0 aromatic heterocycles. The van der Waals surface area contributed by atoms with Crippen LogP contribution in [0.3, 0.4) is 0 Å². The fourth-order valence-electron chi connectivity index (χ4n) is 4.90. The Hall–Kier alpha value is -0.790. The molecule has 19 heavy (non-hydrogen) atoms. The van der Waals surface area contributed by atoms with Gasteiger partial charge in [0.1, 0.15) is 0 Å². The SMILES string of the molecule is C=C1CC[C@H]2C(C)(C)CCC[C@]2(C)[C@H]1CC(=O)OC. The molecule has 0 aromatic rings. The zero-order chi connectivity index (χ0) is 14.3. The van der Waals surface area contributed by atoms with Crippen LogP contribution < -0.4 is 0 Å². The summed E-state index contributed by atoms with van der Waals surface area (Å²) in [5.74, 6) is 0.920. The fourth-order valence-corrected chi connectivity index (χ4v) is 4.90. The van der Waals surface area contributed by atoms with E-state index in [1.54, 1.807) is 0 Å². The maximum absolute atomic E-state index is 11.7. The first kappa shape index (κ1) is 14.6. The molecule has 2 saturated carbocycles. The summed E-state index contributed by atoms with van der Waals surface area (Å²) >= 11 is 0. The standard InChI is InChI=1S/C17H28O2/c1-12-7-8-14-16(2,3)9-6-10-17(14,4)13(12)11-15(18)19-5/h13-14H,1,6-11H2,2-5H3/t13-,14-,17+/m0/s1. The Labute approximate surface area is 117 Å². The molecule has 2 aliphatic rings. The second-order valence-corrected chi connectivity index (χ2v) is 7.43. The van der Waals surface area contributed by atoms with Crippen molar-refractivity contribution >= 4 is 5.97 Å². The van der Waals surface area contributed by atoms with Gasteiger partial charge >= 0.3 is 5.97 Å². The molecular weight excluding hydrogens is 236 g/mol. The zero-order valence-corrected chi connectivity index (χ0v) is 12.9. The van der Waals surface area contributed by atoms with Gasteiger partial charge in [0.05, 0.1) is 13.5 Å². The molecule has 2 nitrogen and oxygen atoms in total. The number of methoxy groups -OCH3 is 1. The Morgan fingerprint density at radius 1 is 1.37 bits per heavy atom. The molecule has 2 heteroatoms. The summed E-state index contributed by atoms with van der Waals surface area (Å²) in [6, 6.07) is 0. The lowest BCUT2D eigenvalue weighted by Gasteiger charge is -2.57. The molecule has 0 aliphatic heterocycles. The summed E-state index contributed by atoms with van der Waals surface area (Å²) in [6.07, 6.45) is 6.63. The number of esters is 1. The van der Waals surface area contributed by atoms with Crippen LogP contribution in [0.25, 0.3) is 0 Å². The van der Waals surface area contributed by atoms with Gasteiger partial charge in [0.25, 0.3) is 0 Å². The van der Waals surface area contributed by atoms with E-state index in [-0.39, 0.29) is 11.4 Å². The van der Waals surface area contributed by atoms with E-state index in [0.717, 1.165) is 6.42 Å². The van der Waals surface area contributed by atoms with Crippen molar-refractivity contribution in [1.82, 2.24) is 0 Å². The molecule has 108 valence electrons. The minimum absolute atomic E-state index is 0.0867. The van der Waals surface area contributed by atoms with Crippen molar-refractivity contribution < 1.29 is 9.53 Å². The number of hydrogen-bond donors (Lipinski definition) is 0. The maximum atomic E-state index is 11.7. The zero-order valence-electron chi connectivity index (χ0n) is 12.9. The van der Waals surface area contributed by atoms with Crippen LogP contribution in [-0.4, -0.2) is 13.1 Å². The summed E-state index contributed by atoms with van der Waals surface area (Å²) in [5.41, 5.74) is 1.88. The minimum atomic E-state index is -0.0867. The Morgan fingerprint density at radius 3 is 2.68 bits per heavy atom. The highest BCUT2D eigenvalue weighted by molar-refractivity contribution is 5.70. The van der Waals surface area contributed by atoms with Crippen LogP contribution >= 0.6 is 0 Å². The van der Waals surface area contributed by atoms with Crippen molar-refractivity contribution in [3.63, 3.8) is 0 Å². The van der Waals surface area contributed by atoms with Crippen LogP contribution in [0.1, 0.15) is 59.3 Å². The van der Waals surface area contributed by atoms with Crippen molar-refractivity contribution in [3.05, 3.63) is 12.2 Å². The number of allylic oxidation sites excluding steroid dienone is 1. The molecular formula is C17H28O2. The summed E-state index contributed by atoms with van der Waals surface area (Å²) < 4.78 is 4.90. The largest absolute Gasteiger partial charge is 0.469 e. The van der Waals surface area contributed by atoms with Crippen LogP contribution in [0.4, 0.5) is 0 Å². The molecule has 3 atom stereocenters.